The monoisotopic (exact) mass is 594 g/mol. The van der Waals surface area contributed by atoms with E-state index in [9.17, 15) is 14.0 Å². The van der Waals surface area contributed by atoms with Gasteiger partial charge in [0.05, 0.1) is 32.1 Å². The lowest BCUT2D eigenvalue weighted by molar-refractivity contribution is 0.414. The highest BCUT2D eigenvalue weighted by Crippen LogP contribution is 2.19. The number of pyridine rings is 1. The summed E-state index contributed by atoms with van der Waals surface area (Å²) in [6, 6.07) is 27.0. The van der Waals surface area contributed by atoms with Crippen molar-refractivity contribution < 1.29 is 9.13 Å². The minimum Gasteiger partial charge on any atom is -0.497 e. The molecular formula is C34H35FN6O3. The number of rotatable bonds is 8. The molecule has 3 N–H and O–H groups in total. The number of nitrogens with two attached hydrogens (primary N) is 1. The summed E-state index contributed by atoms with van der Waals surface area (Å²) in [5, 5.41) is 3.22. The number of aliphatic imine (C=N–C) groups is 1. The zero-order valence-corrected chi connectivity index (χ0v) is 25.1. The zero-order valence-electron chi connectivity index (χ0n) is 25.1. The molecule has 0 aliphatic rings. The molecule has 2 heterocycles. The van der Waals surface area contributed by atoms with Gasteiger partial charge in [-0.2, -0.15) is 0 Å². The van der Waals surface area contributed by atoms with E-state index in [0.717, 1.165) is 21.3 Å². The minimum atomic E-state index is -0.566. The maximum atomic E-state index is 13.5. The van der Waals surface area contributed by atoms with Gasteiger partial charge in [-0.15, -0.1) is 0 Å². The van der Waals surface area contributed by atoms with E-state index < -0.39 is 17.1 Å². The van der Waals surface area contributed by atoms with Crippen LogP contribution in [0.1, 0.15) is 30.5 Å². The Morgan fingerprint density at radius 2 is 1.59 bits per heavy atom. The molecule has 0 amide bonds. The Labute approximate surface area is 255 Å². The summed E-state index contributed by atoms with van der Waals surface area (Å²) < 4.78 is 20.9. The quantitative estimate of drug-likeness (QED) is 0.182. The number of amidine groups is 1. The second-order valence-corrected chi connectivity index (χ2v) is 9.56. The molecule has 3 aromatic carbocycles. The van der Waals surface area contributed by atoms with Crippen LogP contribution >= 0.6 is 0 Å². The Morgan fingerprint density at radius 3 is 2.20 bits per heavy atom. The van der Waals surface area contributed by atoms with Gasteiger partial charge in [0.15, 0.2) is 0 Å². The lowest BCUT2D eigenvalue weighted by Crippen LogP contribution is -2.43. The number of nitrogens with one attached hydrogen (secondary N) is 1. The average Bonchev–Trinajstić information content (AvgIpc) is 3.07. The van der Waals surface area contributed by atoms with E-state index in [0.29, 0.717) is 17.1 Å². The zero-order chi connectivity index (χ0) is 31.6. The third-order valence-electron chi connectivity index (χ3n) is 6.75. The Balaban J connectivity index is 0.00000216. The number of halogens is 1. The number of anilines is 2. The third-order valence-corrected chi connectivity index (χ3v) is 6.75. The van der Waals surface area contributed by atoms with E-state index in [-0.39, 0.29) is 30.3 Å². The van der Waals surface area contributed by atoms with E-state index in [1.807, 2.05) is 80.6 Å². The maximum absolute atomic E-state index is 13.5. The lowest BCUT2D eigenvalue weighted by atomic mass is 10.1. The van der Waals surface area contributed by atoms with Gasteiger partial charge in [0.2, 0.25) is 0 Å². The van der Waals surface area contributed by atoms with E-state index in [4.69, 9.17) is 15.5 Å². The van der Waals surface area contributed by atoms with Crippen LogP contribution in [0.4, 0.5) is 15.9 Å². The van der Waals surface area contributed by atoms with Crippen molar-refractivity contribution in [1.29, 1.82) is 0 Å². The highest BCUT2D eigenvalue weighted by atomic mass is 19.1. The SMILES string of the molecule is CC.COc1ccc(Cn2c(N)c(C(=NCc3ccc(-c4ccc(F)cn4)cc3)Nc3ccccc3)c(=O)n(C)c2=O)cc1. The van der Waals surface area contributed by atoms with Crippen LogP contribution in [0.3, 0.4) is 0 Å². The molecule has 0 saturated carbocycles. The van der Waals surface area contributed by atoms with Gasteiger partial charge in [0.1, 0.15) is 28.8 Å². The number of nitrogens with zero attached hydrogens (tertiary/aromatic N) is 4. The third kappa shape index (κ3) is 7.27. The minimum absolute atomic E-state index is 0.00108. The second kappa shape index (κ2) is 14.6. The first-order valence-electron chi connectivity index (χ1n) is 14.1. The predicted octanol–water partition coefficient (Wildman–Crippen LogP) is 5.47. The molecule has 0 saturated heterocycles. The number of hydrogen-bond donors (Lipinski definition) is 2. The summed E-state index contributed by atoms with van der Waals surface area (Å²) in [7, 11) is 2.99. The highest BCUT2D eigenvalue weighted by Gasteiger charge is 2.21. The van der Waals surface area contributed by atoms with Crippen molar-refractivity contribution in [3.63, 3.8) is 0 Å². The number of nitrogen functional groups attached to an aromatic ring is 1. The van der Waals surface area contributed by atoms with Crippen LogP contribution in [0.2, 0.25) is 0 Å². The van der Waals surface area contributed by atoms with E-state index >= 15 is 0 Å². The number of hydrogen-bond acceptors (Lipinski definition) is 6. The van der Waals surface area contributed by atoms with E-state index in [1.54, 1.807) is 25.3 Å². The van der Waals surface area contributed by atoms with Gasteiger partial charge in [-0.05, 0) is 47.5 Å². The van der Waals surface area contributed by atoms with Gasteiger partial charge in [-0.1, -0.05) is 68.4 Å². The van der Waals surface area contributed by atoms with Crippen LogP contribution in [-0.2, 0) is 20.1 Å². The average molecular weight is 595 g/mol. The first kappa shape index (κ1) is 31.4. The predicted molar refractivity (Wildman–Crippen MR) is 174 cm³/mol. The van der Waals surface area contributed by atoms with Crippen molar-refractivity contribution in [1.82, 2.24) is 14.1 Å². The van der Waals surface area contributed by atoms with E-state index in [1.165, 1.54) is 23.9 Å². The summed E-state index contributed by atoms with van der Waals surface area (Å²) >= 11 is 0. The largest absolute Gasteiger partial charge is 0.497 e. The fraction of sp³-hybridized carbons (Fsp3) is 0.176. The van der Waals surface area contributed by atoms with Crippen LogP contribution < -0.4 is 27.0 Å². The molecule has 44 heavy (non-hydrogen) atoms. The molecule has 5 rings (SSSR count). The number of aromatic nitrogens is 3. The Morgan fingerprint density at radius 1 is 0.932 bits per heavy atom. The van der Waals surface area contributed by atoms with Crippen molar-refractivity contribution in [3.8, 4) is 17.0 Å². The van der Waals surface area contributed by atoms with Gasteiger partial charge in [0.25, 0.3) is 5.56 Å². The molecule has 0 bridgehead atoms. The Bertz CT molecular complexity index is 1830. The van der Waals surface area contributed by atoms with Gasteiger partial charge < -0.3 is 15.8 Å². The molecule has 0 aliphatic heterocycles. The van der Waals surface area contributed by atoms with Crippen LogP contribution in [-0.4, -0.2) is 27.1 Å². The lowest BCUT2D eigenvalue weighted by Gasteiger charge is -2.18. The standard InChI is InChI=1S/C32H29FN6O3.C2H6/c1-38-31(40)28(29(34)39(32(38)41)20-22-10-15-26(42-2)16-11-22)30(37-25-6-4-3-5-7-25)36-18-21-8-12-23(13-9-21)27-17-14-24(33)19-35-27;1-2/h3-17,19H,18,20,34H2,1-2H3,(H,36,37);1-2H3. The maximum Gasteiger partial charge on any atom is 0.332 e. The van der Waals surface area contributed by atoms with E-state index in [2.05, 4.69) is 10.3 Å². The summed E-state index contributed by atoms with van der Waals surface area (Å²) in [6.07, 6.45) is 1.17. The van der Waals surface area contributed by atoms with Crippen molar-refractivity contribution >= 4 is 17.3 Å². The molecular weight excluding hydrogens is 559 g/mol. The molecule has 226 valence electrons. The number of ether oxygens (including phenoxy) is 1. The Hall–Kier alpha value is -5.51. The molecule has 0 atom stereocenters. The van der Waals surface area contributed by atoms with Gasteiger partial charge in [-0.3, -0.25) is 23.9 Å². The summed E-state index contributed by atoms with van der Waals surface area (Å²) in [5.41, 5.74) is 9.36. The summed E-state index contributed by atoms with van der Waals surface area (Å²) in [5.74, 6) is 0.512. The van der Waals surface area contributed by atoms with Crippen LogP contribution in [0.5, 0.6) is 5.75 Å². The van der Waals surface area contributed by atoms with Gasteiger partial charge >= 0.3 is 5.69 Å². The molecule has 0 unspecified atom stereocenters. The second-order valence-electron chi connectivity index (χ2n) is 9.56. The van der Waals surface area contributed by atoms with Crippen LogP contribution in [0, 0.1) is 5.82 Å². The van der Waals surface area contributed by atoms with Gasteiger partial charge in [-0.25, -0.2) is 9.18 Å². The summed E-state index contributed by atoms with van der Waals surface area (Å²) in [6.45, 7) is 4.36. The summed E-state index contributed by atoms with van der Waals surface area (Å²) in [4.78, 5) is 35.5. The fourth-order valence-corrected chi connectivity index (χ4v) is 4.41. The molecule has 5 aromatic rings. The number of para-hydroxylation sites is 1. The smallest absolute Gasteiger partial charge is 0.332 e. The molecule has 0 fully saturated rings. The topological polar surface area (TPSA) is 117 Å². The normalized spacial score (nSPS) is 11.0. The molecule has 0 radical (unpaired) electrons. The van der Waals surface area contributed by atoms with Gasteiger partial charge in [0, 0.05) is 18.3 Å². The fourth-order valence-electron chi connectivity index (χ4n) is 4.41. The molecule has 2 aromatic heterocycles. The Kier molecular flexibility index (Phi) is 10.4. The van der Waals surface area contributed by atoms with Crippen LogP contribution in [0.25, 0.3) is 11.3 Å². The highest BCUT2D eigenvalue weighted by molar-refractivity contribution is 6.10. The first-order chi connectivity index (χ1) is 21.3. The number of methoxy groups -OCH3 is 1. The molecule has 10 heteroatoms. The van der Waals surface area contributed by atoms with Crippen molar-refractivity contribution in [2.45, 2.75) is 26.9 Å². The van der Waals surface area contributed by atoms with Crippen molar-refractivity contribution in [2.75, 3.05) is 18.2 Å². The molecule has 0 aliphatic carbocycles. The first-order valence-corrected chi connectivity index (χ1v) is 14.1. The number of benzene rings is 3. The molecule has 0 spiro atoms. The van der Waals surface area contributed by atoms with Crippen molar-refractivity contribution in [2.24, 2.45) is 12.0 Å². The molecule has 9 nitrogen and oxygen atoms in total. The van der Waals surface area contributed by atoms with Crippen molar-refractivity contribution in [3.05, 3.63) is 141 Å². The van der Waals surface area contributed by atoms with Crippen LogP contribution in [0.15, 0.2) is 112 Å².